The van der Waals surface area contributed by atoms with Gasteiger partial charge in [-0.25, -0.2) is 4.79 Å². The van der Waals surface area contributed by atoms with E-state index < -0.39 is 5.91 Å². The minimum Gasteiger partial charge on any atom is -0.462 e. The van der Waals surface area contributed by atoms with Crippen molar-refractivity contribution in [3.05, 3.63) is 47.2 Å². The van der Waals surface area contributed by atoms with Gasteiger partial charge >= 0.3 is 5.97 Å². The molecule has 1 fully saturated rings. The molecule has 154 valence electrons. The number of hydrogen-bond donors (Lipinski definition) is 2. The first kappa shape index (κ1) is 22.0. The fourth-order valence-electron chi connectivity index (χ4n) is 2.90. The van der Waals surface area contributed by atoms with Crippen molar-refractivity contribution >= 4 is 17.8 Å². The van der Waals surface area contributed by atoms with E-state index >= 15 is 0 Å². The number of hydrogen-bond acceptors (Lipinski definition) is 6. The summed E-state index contributed by atoms with van der Waals surface area (Å²) in [5, 5.41) is 14.8. The second-order valence-corrected chi connectivity index (χ2v) is 6.56. The highest BCUT2D eigenvalue weighted by Crippen LogP contribution is 2.09. The average Bonchev–Trinajstić information content (AvgIpc) is 3.13. The van der Waals surface area contributed by atoms with E-state index in [0.717, 1.165) is 18.5 Å². The van der Waals surface area contributed by atoms with Crippen LogP contribution in [0.2, 0.25) is 0 Å². The molecule has 1 aliphatic rings. The second-order valence-electron chi connectivity index (χ2n) is 6.56. The lowest BCUT2D eigenvalue weighted by Crippen LogP contribution is -2.31. The topological polar surface area (TPSA) is 112 Å². The van der Waals surface area contributed by atoms with Crippen molar-refractivity contribution in [2.75, 3.05) is 26.2 Å². The SMILES string of the molecule is CCOC(=O)c1ccc(CN/C=C(/C#N)C(=O)NCCCN2CCCC2=O)cc1. The maximum Gasteiger partial charge on any atom is 0.338 e. The van der Waals surface area contributed by atoms with Crippen molar-refractivity contribution in [1.29, 1.82) is 5.26 Å². The number of rotatable bonds is 10. The summed E-state index contributed by atoms with van der Waals surface area (Å²) < 4.78 is 4.93. The van der Waals surface area contributed by atoms with Crippen LogP contribution in [0.25, 0.3) is 0 Å². The van der Waals surface area contributed by atoms with Gasteiger partial charge in [0, 0.05) is 38.8 Å². The quantitative estimate of drug-likeness (QED) is 0.267. The zero-order chi connectivity index (χ0) is 21.1. The summed E-state index contributed by atoms with van der Waals surface area (Å²) in [4.78, 5) is 37.0. The Morgan fingerprint density at radius 3 is 2.69 bits per heavy atom. The molecule has 0 unspecified atom stereocenters. The predicted octanol–water partition coefficient (Wildman–Crippen LogP) is 1.49. The monoisotopic (exact) mass is 398 g/mol. The summed E-state index contributed by atoms with van der Waals surface area (Å²) in [5.74, 6) is -0.664. The lowest BCUT2D eigenvalue weighted by atomic mass is 10.1. The Labute approximate surface area is 170 Å². The zero-order valence-corrected chi connectivity index (χ0v) is 16.6. The van der Waals surface area contributed by atoms with Gasteiger partial charge in [-0.15, -0.1) is 0 Å². The van der Waals surface area contributed by atoms with E-state index in [1.54, 1.807) is 36.1 Å². The highest BCUT2D eigenvalue weighted by molar-refractivity contribution is 5.97. The Morgan fingerprint density at radius 2 is 2.07 bits per heavy atom. The van der Waals surface area contributed by atoms with Gasteiger partial charge in [0.15, 0.2) is 0 Å². The number of ether oxygens (including phenoxy) is 1. The van der Waals surface area contributed by atoms with Gasteiger partial charge in [-0.05, 0) is 37.5 Å². The summed E-state index contributed by atoms with van der Waals surface area (Å²) in [5.41, 5.74) is 1.34. The van der Waals surface area contributed by atoms with Crippen LogP contribution in [0.5, 0.6) is 0 Å². The van der Waals surface area contributed by atoms with Crippen molar-refractivity contribution in [3.8, 4) is 6.07 Å². The van der Waals surface area contributed by atoms with Gasteiger partial charge in [-0.3, -0.25) is 9.59 Å². The van der Waals surface area contributed by atoms with Crippen LogP contribution in [0, 0.1) is 11.3 Å². The molecule has 1 aromatic carbocycles. The fourth-order valence-corrected chi connectivity index (χ4v) is 2.90. The number of nitrogens with one attached hydrogen (secondary N) is 2. The third kappa shape index (κ3) is 6.96. The van der Waals surface area contributed by atoms with Crippen molar-refractivity contribution in [2.45, 2.75) is 32.7 Å². The van der Waals surface area contributed by atoms with E-state index in [-0.39, 0.29) is 17.4 Å². The van der Waals surface area contributed by atoms with Crippen LogP contribution in [-0.4, -0.2) is 48.9 Å². The Morgan fingerprint density at radius 1 is 1.31 bits per heavy atom. The maximum atomic E-state index is 12.1. The molecular weight excluding hydrogens is 372 g/mol. The van der Waals surface area contributed by atoms with Crippen LogP contribution in [0.1, 0.15) is 42.1 Å². The number of nitriles is 1. The first-order valence-electron chi connectivity index (χ1n) is 9.70. The molecule has 0 radical (unpaired) electrons. The molecule has 8 nitrogen and oxygen atoms in total. The van der Waals surface area contributed by atoms with E-state index in [4.69, 9.17) is 4.74 Å². The van der Waals surface area contributed by atoms with Gasteiger partial charge in [0.1, 0.15) is 11.6 Å². The molecule has 8 heteroatoms. The van der Waals surface area contributed by atoms with E-state index in [2.05, 4.69) is 10.6 Å². The molecule has 0 atom stereocenters. The minimum absolute atomic E-state index is 0.0228. The Kier molecular flexibility index (Phi) is 8.70. The van der Waals surface area contributed by atoms with Crippen LogP contribution in [-0.2, 0) is 20.9 Å². The number of carbonyl (C=O) groups excluding carboxylic acids is 3. The molecule has 0 aromatic heterocycles. The minimum atomic E-state index is -0.453. The molecule has 0 aliphatic carbocycles. The molecule has 0 spiro atoms. The highest BCUT2D eigenvalue weighted by atomic mass is 16.5. The van der Waals surface area contributed by atoms with E-state index in [1.807, 2.05) is 6.07 Å². The molecule has 1 aliphatic heterocycles. The number of likely N-dealkylation sites (tertiary alicyclic amines) is 1. The zero-order valence-electron chi connectivity index (χ0n) is 16.6. The first-order chi connectivity index (χ1) is 14.0. The van der Waals surface area contributed by atoms with Gasteiger partial charge in [0.2, 0.25) is 5.91 Å². The Balaban J connectivity index is 1.74. The summed E-state index contributed by atoms with van der Waals surface area (Å²) in [6, 6.07) is 8.77. The fraction of sp³-hybridized carbons (Fsp3) is 0.429. The Hall–Kier alpha value is -3.34. The number of nitrogens with zero attached hydrogens (tertiary/aromatic N) is 2. The smallest absolute Gasteiger partial charge is 0.338 e. The molecule has 1 heterocycles. The van der Waals surface area contributed by atoms with Crippen molar-refractivity contribution in [3.63, 3.8) is 0 Å². The standard InChI is InChI=1S/C21H26N4O4/c1-2-29-21(28)17-8-6-16(7-9-17)14-23-15-18(13-22)20(27)24-10-4-12-25-11-3-5-19(25)26/h6-9,15,23H,2-5,10-12,14H2,1H3,(H,24,27)/b18-15-. The van der Waals surface area contributed by atoms with Gasteiger partial charge in [-0.1, -0.05) is 12.1 Å². The van der Waals surface area contributed by atoms with Crippen LogP contribution < -0.4 is 10.6 Å². The normalized spacial score (nSPS) is 13.7. The molecule has 2 rings (SSSR count). The lowest BCUT2D eigenvalue weighted by Gasteiger charge is -2.15. The van der Waals surface area contributed by atoms with Crippen LogP contribution in [0.3, 0.4) is 0 Å². The largest absolute Gasteiger partial charge is 0.462 e. The van der Waals surface area contributed by atoms with Crippen LogP contribution in [0.4, 0.5) is 0 Å². The summed E-state index contributed by atoms with van der Waals surface area (Å²) >= 11 is 0. The molecule has 2 N–H and O–H groups in total. The number of benzene rings is 1. The van der Waals surface area contributed by atoms with E-state index in [1.165, 1.54) is 6.20 Å². The van der Waals surface area contributed by atoms with Gasteiger partial charge in [-0.2, -0.15) is 5.26 Å². The predicted molar refractivity (Wildman–Crippen MR) is 106 cm³/mol. The number of amides is 2. The molecule has 1 aromatic rings. The number of esters is 1. The summed E-state index contributed by atoms with van der Waals surface area (Å²) in [6.07, 6.45) is 3.52. The molecule has 29 heavy (non-hydrogen) atoms. The van der Waals surface area contributed by atoms with Gasteiger partial charge < -0.3 is 20.3 Å². The van der Waals surface area contributed by atoms with Gasteiger partial charge in [0.25, 0.3) is 5.91 Å². The third-order valence-corrected chi connectivity index (χ3v) is 4.44. The average molecular weight is 398 g/mol. The lowest BCUT2D eigenvalue weighted by molar-refractivity contribution is -0.127. The number of carbonyl (C=O) groups is 3. The Bertz CT molecular complexity index is 796. The highest BCUT2D eigenvalue weighted by Gasteiger charge is 2.19. The first-order valence-corrected chi connectivity index (χ1v) is 9.70. The summed E-state index contributed by atoms with van der Waals surface area (Å²) in [6.45, 7) is 4.27. The van der Waals surface area contributed by atoms with Crippen molar-refractivity contribution in [1.82, 2.24) is 15.5 Å². The molecule has 2 amide bonds. The summed E-state index contributed by atoms with van der Waals surface area (Å²) in [7, 11) is 0. The van der Waals surface area contributed by atoms with Crippen LogP contribution >= 0.6 is 0 Å². The van der Waals surface area contributed by atoms with Gasteiger partial charge in [0.05, 0.1) is 12.2 Å². The van der Waals surface area contributed by atoms with Crippen molar-refractivity contribution in [2.24, 2.45) is 0 Å². The van der Waals surface area contributed by atoms with Crippen molar-refractivity contribution < 1.29 is 19.1 Å². The maximum absolute atomic E-state index is 12.1. The molecule has 0 bridgehead atoms. The third-order valence-electron chi connectivity index (χ3n) is 4.44. The molecule has 1 saturated heterocycles. The van der Waals surface area contributed by atoms with E-state index in [0.29, 0.717) is 44.6 Å². The van der Waals surface area contributed by atoms with Crippen LogP contribution in [0.15, 0.2) is 36.0 Å². The molecular formula is C21H26N4O4. The molecule has 0 saturated carbocycles. The second kappa shape index (κ2) is 11.5. The van der Waals surface area contributed by atoms with E-state index in [9.17, 15) is 19.6 Å².